The van der Waals surface area contributed by atoms with Crippen molar-refractivity contribution < 1.29 is 13.2 Å². The Hall–Kier alpha value is -1.48. The van der Waals surface area contributed by atoms with Crippen LogP contribution in [-0.2, 0) is 14.8 Å². The summed E-state index contributed by atoms with van der Waals surface area (Å²) >= 11 is 4.93. The fourth-order valence-corrected chi connectivity index (χ4v) is 4.27. The molecule has 3 rings (SSSR count). The first-order chi connectivity index (χ1) is 10.4. The molecule has 2 aromatic rings. The van der Waals surface area contributed by atoms with Crippen LogP contribution in [0.15, 0.2) is 38.3 Å². The molecule has 2 N–H and O–H groups in total. The van der Waals surface area contributed by atoms with Gasteiger partial charge in [0.1, 0.15) is 0 Å². The number of hydrogen-bond acceptors (Lipinski definition) is 4. The van der Waals surface area contributed by atoms with Gasteiger partial charge >= 0.3 is 0 Å². The van der Waals surface area contributed by atoms with E-state index in [1.54, 1.807) is 12.1 Å². The summed E-state index contributed by atoms with van der Waals surface area (Å²) in [6.07, 6.45) is 1.75. The predicted molar refractivity (Wildman–Crippen MR) is 91.2 cm³/mol. The fraction of sp³-hybridized carbons (Fsp3) is 0.0714. The van der Waals surface area contributed by atoms with Gasteiger partial charge in [-0.15, -0.1) is 0 Å². The van der Waals surface area contributed by atoms with Gasteiger partial charge in [-0.1, -0.05) is 0 Å². The summed E-state index contributed by atoms with van der Waals surface area (Å²) in [7, 11) is -2.20. The van der Waals surface area contributed by atoms with Crippen molar-refractivity contribution in [3.63, 3.8) is 0 Å². The second kappa shape index (κ2) is 5.62. The Morgan fingerprint density at radius 1 is 1.32 bits per heavy atom. The van der Waals surface area contributed by atoms with Crippen LogP contribution in [0.5, 0.6) is 0 Å². The van der Waals surface area contributed by atoms with Crippen LogP contribution in [0.2, 0.25) is 0 Å². The predicted octanol–water partition coefficient (Wildman–Crippen LogP) is 2.91. The van der Waals surface area contributed by atoms with Gasteiger partial charge in [0.2, 0.25) is 10.0 Å². The molecule has 1 aliphatic heterocycles. The molecule has 1 amide bonds. The van der Waals surface area contributed by atoms with E-state index in [2.05, 4.69) is 26.0 Å². The molecule has 0 spiro atoms. The number of nitrogens with one attached hydrogen (secondary N) is 2. The summed E-state index contributed by atoms with van der Waals surface area (Å²) in [6, 6.07) is 4.57. The van der Waals surface area contributed by atoms with E-state index < -0.39 is 10.0 Å². The van der Waals surface area contributed by atoms with Crippen LogP contribution < -0.4 is 10.0 Å². The smallest absolute Gasteiger partial charge is 0.256 e. The van der Waals surface area contributed by atoms with Crippen molar-refractivity contribution in [2.24, 2.45) is 0 Å². The van der Waals surface area contributed by atoms with Crippen molar-refractivity contribution in [3.8, 4) is 0 Å². The number of hydrogen-bond donors (Lipinski definition) is 2. The van der Waals surface area contributed by atoms with Crippen molar-refractivity contribution >= 4 is 60.5 Å². The Bertz CT molecular complexity index is 901. The zero-order chi connectivity index (χ0) is 15.9. The largest absolute Gasteiger partial charge is 0.321 e. The minimum atomic E-state index is -3.55. The summed E-state index contributed by atoms with van der Waals surface area (Å²) < 4.78 is 27.0. The molecule has 0 fully saturated rings. The molecule has 2 heterocycles. The lowest BCUT2D eigenvalue weighted by Gasteiger charge is -2.05. The van der Waals surface area contributed by atoms with Crippen LogP contribution in [0.1, 0.15) is 11.1 Å². The number of sulfonamides is 1. The summed E-state index contributed by atoms with van der Waals surface area (Å²) in [5.74, 6) is -0.243. The molecule has 5 nitrogen and oxygen atoms in total. The third-order valence-corrected chi connectivity index (χ3v) is 6.46. The summed E-state index contributed by atoms with van der Waals surface area (Å²) in [4.78, 5) is 12.3. The Kier molecular flexibility index (Phi) is 3.94. The average molecular weight is 399 g/mol. The lowest BCUT2D eigenvalue weighted by atomic mass is 10.1. The van der Waals surface area contributed by atoms with E-state index in [4.69, 9.17) is 0 Å². The summed E-state index contributed by atoms with van der Waals surface area (Å²) in [6.45, 7) is 0. The Morgan fingerprint density at radius 3 is 2.73 bits per heavy atom. The highest BCUT2D eigenvalue weighted by atomic mass is 79.9. The van der Waals surface area contributed by atoms with E-state index in [1.165, 1.54) is 30.5 Å². The normalized spacial score (nSPS) is 15.9. The van der Waals surface area contributed by atoms with Crippen molar-refractivity contribution in [2.75, 3.05) is 12.4 Å². The molecule has 0 aliphatic carbocycles. The molecule has 0 unspecified atom stereocenters. The molecule has 0 radical (unpaired) electrons. The van der Waals surface area contributed by atoms with E-state index >= 15 is 0 Å². The molecule has 8 heteroatoms. The molecule has 22 heavy (non-hydrogen) atoms. The van der Waals surface area contributed by atoms with Crippen LogP contribution in [0.4, 0.5) is 5.69 Å². The molecule has 1 aliphatic rings. The summed E-state index contributed by atoms with van der Waals surface area (Å²) in [5.41, 5.74) is 2.52. The van der Waals surface area contributed by atoms with Crippen LogP contribution in [0, 0.1) is 0 Å². The highest BCUT2D eigenvalue weighted by Crippen LogP contribution is 2.36. The van der Waals surface area contributed by atoms with Crippen LogP contribution >= 0.6 is 27.3 Å². The Balaban J connectivity index is 2.15. The molecule has 0 saturated carbocycles. The van der Waals surface area contributed by atoms with Gasteiger partial charge in [0.15, 0.2) is 0 Å². The first-order valence-corrected chi connectivity index (χ1v) is 9.47. The average Bonchev–Trinajstić information content (AvgIpc) is 3.03. The Labute approximate surface area is 140 Å². The number of rotatable bonds is 3. The van der Waals surface area contributed by atoms with Gasteiger partial charge in [0.25, 0.3) is 5.91 Å². The van der Waals surface area contributed by atoms with E-state index in [-0.39, 0.29) is 10.8 Å². The third-order valence-electron chi connectivity index (χ3n) is 3.30. The lowest BCUT2D eigenvalue weighted by molar-refractivity contribution is -0.110. The molecule has 0 saturated heterocycles. The van der Waals surface area contributed by atoms with Crippen LogP contribution in [0.3, 0.4) is 0 Å². The van der Waals surface area contributed by atoms with Crippen LogP contribution in [-0.4, -0.2) is 21.4 Å². The first-order valence-electron chi connectivity index (χ1n) is 6.25. The van der Waals surface area contributed by atoms with E-state index in [0.717, 1.165) is 10.0 Å². The topological polar surface area (TPSA) is 75.3 Å². The maximum atomic E-state index is 12.1. The number of benzene rings is 1. The second-order valence-corrected chi connectivity index (χ2v) is 8.09. The third kappa shape index (κ3) is 2.63. The SMILES string of the molecule is CNS(=O)(=O)c1ccc2c(c1)C(=Cc1cscc1Br)C(=O)N2. The number of amides is 1. The number of anilines is 1. The molecule has 1 aromatic heterocycles. The molecular weight excluding hydrogens is 388 g/mol. The van der Waals surface area contributed by atoms with Crippen molar-refractivity contribution in [1.82, 2.24) is 4.72 Å². The van der Waals surface area contributed by atoms with E-state index in [1.807, 2.05) is 10.8 Å². The summed E-state index contributed by atoms with van der Waals surface area (Å²) in [5, 5.41) is 6.57. The van der Waals surface area contributed by atoms with Gasteiger partial charge in [-0.05, 0) is 52.6 Å². The molecular formula is C14H11BrN2O3S2. The first kappa shape index (κ1) is 15.4. The number of halogens is 1. The van der Waals surface area contributed by atoms with Crippen molar-refractivity contribution in [2.45, 2.75) is 4.90 Å². The monoisotopic (exact) mass is 398 g/mol. The van der Waals surface area contributed by atoms with Crippen LogP contribution in [0.25, 0.3) is 11.6 Å². The minimum Gasteiger partial charge on any atom is -0.321 e. The van der Waals surface area contributed by atoms with Gasteiger partial charge in [-0.3, -0.25) is 4.79 Å². The maximum absolute atomic E-state index is 12.1. The second-order valence-electron chi connectivity index (χ2n) is 4.60. The van der Waals surface area contributed by atoms with Gasteiger partial charge < -0.3 is 5.32 Å². The molecule has 0 bridgehead atoms. The highest BCUT2D eigenvalue weighted by molar-refractivity contribution is 9.10. The standard InChI is InChI=1S/C14H11BrN2O3S2/c1-16-22(19,20)9-2-3-13-10(5-9)11(14(18)17-13)4-8-6-21-7-12(8)15/h2-7,16H,1H3,(H,17,18). The highest BCUT2D eigenvalue weighted by Gasteiger charge is 2.26. The lowest BCUT2D eigenvalue weighted by Crippen LogP contribution is -2.18. The fourth-order valence-electron chi connectivity index (χ4n) is 2.15. The zero-order valence-electron chi connectivity index (χ0n) is 11.4. The van der Waals surface area contributed by atoms with Gasteiger partial charge in [0.05, 0.1) is 4.90 Å². The van der Waals surface area contributed by atoms with E-state index in [0.29, 0.717) is 16.8 Å². The number of thiophene rings is 1. The molecule has 1 aromatic carbocycles. The maximum Gasteiger partial charge on any atom is 0.256 e. The van der Waals surface area contributed by atoms with Gasteiger partial charge in [-0.2, -0.15) is 11.3 Å². The van der Waals surface area contributed by atoms with Crippen molar-refractivity contribution in [1.29, 1.82) is 0 Å². The Morgan fingerprint density at radius 2 is 2.09 bits per heavy atom. The molecule has 0 atom stereocenters. The van der Waals surface area contributed by atoms with Crippen molar-refractivity contribution in [3.05, 3.63) is 44.6 Å². The number of carbonyl (C=O) groups is 1. The quantitative estimate of drug-likeness (QED) is 0.780. The minimum absolute atomic E-state index is 0.125. The molecule has 114 valence electrons. The number of fused-ring (bicyclic) bond motifs is 1. The van der Waals surface area contributed by atoms with Gasteiger partial charge in [-0.25, -0.2) is 13.1 Å². The van der Waals surface area contributed by atoms with Gasteiger partial charge in [0, 0.05) is 32.2 Å². The zero-order valence-corrected chi connectivity index (χ0v) is 14.6. The van der Waals surface area contributed by atoms with E-state index in [9.17, 15) is 13.2 Å². The number of carbonyl (C=O) groups excluding carboxylic acids is 1.